The fraction of sp³-hybridized carbons (Fsp3) is 0.333. The first-order chi connectivity index (χ1) is 8.70. The van der Waals surface area contributed by atoms with Crippen LogP contribution >= 0.6 is 12.2 Å². The van der Waals surface area contributed by atoms with Crippen LogP contribution in [0.15, 0.2) is 12.1 Å². The van der Waals surface area contributed by atoms with E-state index in [-0.39, 0.29) is 21.9 Å². The van der Waals surface area contributed by atoms with Crippen LogP contribution in [0, 0.1) is 10.5 Å². The molecule has 0 unspecified atom stereocenters. The Bertz CT molecular complexity index is 645. The second kappa shape index (κ2) is 4.56. The number of fused-ring (bicyclic) bond motifs is 1. The first-order valence-electron chi connectivity index (χ1n) is 5.51. The summed E-state index contributed by atoms with van der Waals surface area (Å²) in [6.45, 7) is 3.70. The number of halogens is 4. The molecule has 2 rings (SSSR count). The molecule has 0 atom stereocenters. The Morgan fingerprint density at radius 3 is 2.42 bits per heavy atom. The molecule has 2 aliphatic heterocycles. The Labute approximate surface area is 111 Å². The van der Waals surface area contributed by atoms with Crippen molar-refractivity contribution in [3.8, 4) is 11.4 Å². The Hall–Kier alpha value is -1.50. The van der Waals surface area contributed by atoms with Crippen LogP contribution < -0.4 is 0 Å². The highest BCUT2D eigenvalue weighted by molar-refractivity contribution is 7.71. The summed E-state index contributed by atoms with van der Waals surface area (Å²) in [7, 11) is 0. The van der Waals surface area contributed by atoms with Gasteiger partial charge in [-0.25, -0.2) is 9.37 Å². The lowest BCUT2D eigenvalue weighted by molar-refractivity contribution is -0.141. The van der Waals surface area contributed by atoms with Gasteiger partial charge in [0.05, 0.1) is 5.56 Å². The van der Waals surface area contributed by atoms with Crippen molar-refractivity contribution < 1.29 is 17.6 Å². The highest BCUT2D eigenvalue weighted by Crippen LogP contribution is 2.33. The van der Waals surface area contributed by atoms with E-state index in [2.05, 4.69) is 9.97 Å². The third-order valence-electron chi connectivity index (χ3n) is 2.72. The summed E-state index contributed by atoms with van der Waals surface area (Å²) >= 11 is 5.00. The fourth-order valence-electron chi connectivity index (χ4n) is 1.72. The predicted octanol–water partition coefficient (Wildman–Crippen LogP) is 4.53. The molecule has 0 aromatic heterocycles. The van der Waals surface area contributed by atoms with Gasteiger partial charge >= 0.3 is 6.18 Å². The number of hydrogen-bond donors (Lipinski definition) is 1. The van der Waals surface area contributed by atoms with Crippen molar-refractivity contribution in [2.75, 3.05) is 0 Å². The van der Waals surface area contributed by atoms with Gasteiger partial charge in [-0.15, -0.1) is 0 Å². The second-order valence-corrected chi connectivity index (χ2v) is 4.85. The Balaban J connectivity index is 2.75. The quantitative estimate of drug-likeness (QED) is 0.617. The maximum Gasteiger partial charge on any atom is 0.431 e. The van der Waals surface area contributed by atoms with Gasteiger partial charge in [-0.05, 0) is 17.5 Å². The molecular formula is C12H10F4N2S. The van der Waals surface area contributed by atoms with Crippen LogP contribution in [0.4, 0.5) is 17.6 Å². The van der Waals surface area contributed by atoms with Crippen LogP contribution in [0.5, 0.6) is 0 Å². The highest BCUT2D eigenvalue weighted by atomic mass is 32.1. The van der Waals surface area contributed by atoms with Crippen LogP contribution in [0.2, 0.25) is 0 Å². The fourth-order valence-corrected chi connectivity index (χ4v) is 2.11. The molecule has 0 amide bonds. The minimum atomic E-state index is -4.66. The Kier molecular flexibility index (Phi) is 3.34. The first kappa shape index (κ1) is 13.9. The van der Waals surface area contributed by atoms with E-state index >= 15 is 0 Å². The number of rotatable bonds is 1. The monoisotopic (exact) mass is 290 g/mol. The normalized spacial score (nSPS) is 12.4. The summed E-state index contributed by atoms with van der Waals surface area (Å²) in [5.41, 5.74) is -0.545. The molecule has 7 heteroatoms. The topological polar surface area (TPSA) is 28.7 Å². The lowest BCUT2D eigenvalue weighted by atomic mass is 10.0. The number of aromatic nitrogens is 2. The summed E-state index contributed by atoms with van der Waals surface area (Å²) in [5.74, 6) is -1.14. The lowest BCUT2D eigenvalue weighted by Crippen LogP contribution is -2.11. The smallest absolute Gasteiger partial charge is 0.336 e. The summed E-state index contributed by atoms with van der Waals surface area (Å²) in [4.78, 5) is 5.92. The van der Waals surface area contributed by atoms with E-state index in [0.717, 1.165) is 0 Å². The van der Waals surface area contributed by atoms with Crippen molar-refractivity contribution in [2.45, 2.75) is 25.9 Å². The van der Waals surface area contributed by atoms with Gasteiger partial charge in [0.1, 0.15) is 22.0 Å². The van der Waals surface area contributed by atoms with Gasteiger partial charge < -0.3 is 4.98 Å². The van der Waals surface area contributed by atoms with E-state index in [1.54, 1.807) is 0 Å². The molecule has 2 heterocycles. The molecule has 0 aromatic carbocycles. The number of nitrogens with zero attached hydrogens (tertiary/aromatic N) is 1. The second-order valence-electron chi connectivity index (χ2n) is 4.46. The molecule has 0 saturated heterocycles. The van der Waals surface area contributed by atoms with Gasteiger partial charge in [0.15, 0.2) is 0 Å². The largest absolute Gasteiger partial charge is 0.431 e. The average molecular weight is 290 g/mol. The molecule has 0 bridgehead atoms. The van der Waals surface area contributed by atoms with Crippen molar-refractivity contribution in [1.29, 1.82) is 0 Å². The molecule has 2 aliphatic rings. The van der Waals surface area contributed by atoms with Crippen molar-refractivity contribution in [1.82, 2.24) is 9.97 Å². The third-order valence-corrected chi connectivity index (χ3v) is 3.05. The molecule has 0 saturated carbocycles. The standard InChI is InChI=1S/C12H10F4N2S/c1-5(2)6-3-7-8(13)4-9(12(14,15)16)17-10(7)18-11(6)19/h3-5H,1-2H3,(H,17,18,19). The Morgan fingerprint density at radius 1 is 1.26 bits per heavy atom. The number of pyridine rings is 2. The third kappa shape index (κ3) is 2.60. The van der Waals surface area contributed by atoms with Gasteiger partial charge in [-0.1, -0.05) is 26.1 Å². The number of nitrogens with one attached hydrogen (secondary N) is 1. The van der Waals surface area contributed by atoms with Gasteiger partial charge in [-0.3, -0.25) is 0 Å². The SMILES string of the molecule is CC(C)c1cc2c(F)cc(C(F)(F)F)[nH]c-2nc1=S. The van der Waals surface area contributed by atoms with E-state index in [1.165, 1.54) is 6.07 Å². The van der Waals surface area contributed by atoms with Crippen molar-refractivity contribution >= 4 is 12.2 Å². The summed E-state index contributed by atoms with van der Waals surface area (Å²) in [6, 6.07) is 1.87. The number of alkyl halides is 3. The zero-order valence-electron chi connectivity index (χ0n) is 10.1. The number of aromatic amines is 1. The van der Waals surface area contributed by atoms with Crippen LogP contribution in [0.25, 0.3) is 11.4 Å². The molecule has 0 spiro atoms. The minimum Gasteiger partial charge on any atom is -0.336 e. The average Bonchev–Trinajstić information content (AvgIpc) is 2.26. The van der Waals surface area contributed by atoms with Gasteiger partial charge in [0.2, 0.25) is 0 Å². The van der Waals surface area contributed by atoms with Crippen LogP contribution in [0.1, 0.15) is 31.0 Å². The molecule has 19 heavy (non-hydrogen) atoms. The van der Waals surface area contributed by atoms with Gasteiger partial charge in [0, 0.05) is 6.07 Å². The van der Waals surface area contributed by atoms with Gasteiger partial charge in [0.25, 0.3) is 0 Å². The summed E-state index contributed by atoms with van der Waals surface area (Å²) in [5, 5.41) is 0. The van der Waals surface area contributed by atoms with E-state index < -0.39 is 17.7 Å². The summed E-state index contributed by atoms with van der Waals surface area (Å²) in [6.07, 6.45) is -4.66. The molecule has 0 aromatic rings. The summed E-state index contributed by atoms with van der Waals surface area (Å²) < 4.78 is 51.6. The molecule has 1 N–H and O–H groups in total. The van der Waals surface area contributed by atoms with Crippen molar-refractivity contribution in [2.24, 2.45) is 0 Å². The van der Waals surface area contributed by atoms with Crippen LogP contribution in [0.3, 0.4) is 0 Å². The maximum atomic E-state index is 13.8. The zero-order chi connectivity index (χ0) is 14.4. The van der Waals surface area contributed by atoms with Crippen LogP contribution in [-0.4, -0.2) is 9.97 Å². The maximum absolute atomic E-state index is 13.8. The Morgan fingerprint density at radius 2 is 1.89 bits per heavy atom. The number of hydrogen-bond acceptors (Lipinski definition) is 2. The first-order valence-corrected chi connectivity index (χ1v) is 5.91. The zero-order valence-corrected chi connectivity index (χ0v) is 10.9. The molecule has 2 nitrogen and oxygen atoms in total. The highest BCUT2D eigenvalue weighted by Gasteiger charge is 2.33. The van der Waals surface area contributed by atoms with E-state index in [4.69, 9.17) is 12.2 Å². The molecular weight excluding hydrogens is 280 g/mol. The number of H-pyrrole nitrogens is 1. The van der Waals surface area contributed by atoms with Crippen molar-refractivity contribution in [3.63, 3.8) is 0 Å². The molecule has 102 valence electrons. The van der Waals surface area contributed by atoms with Crippen LogP contribution in [-0.2, 0) is 6.18 Å². The van der Waals surface area contributed by atoms with E-state index in [1.807, 2.05) is 13.8 Å². The lowest BCUT2D eigenvalue weighted by Gasteiger charge is -2.14. The molecule has 0 aliphatic carbocycles. The predicted molar refractivity (Wildman–Crippen MR) is 65.1 cm³/mol. The van der Waals surface area contributed by atoms with Crippen molar-refractivity contribution in [3.05, 3.63) is 33.8 Å². The van der Waals surface area contributed by atoms with Gasteiger partial charge in [-0.2, -0.15) is 13.2 Å². The minimum absolute atomic E-state index is 0.00491. The van der Waals surface area contributed by atoms with E-state index in [9.17, 15) is 17.6 Å². The molecule has 0 radical (unpaired) electrons. The van der Waals surface area contributed by atoms with E-state index in [0.29, 0.717) is 11.6 Å². The molecule has 0 fully saturated rings.